The molecule has 0 saturated carbocycles. The molecule has 1 aromatic carbocycles. The van der Waals surface area contributed by atoms with Crippen molar-refractivity contribution in [2.75, 3.05) is 0 Å². The van der Waals surface area contributed by atoms with Crippen LogP contribution in [0.3, 0.4) is 0 Å². The van der Waals surface area contributed by atoms with Crippen LogP contribution in [0.15, 0.2) is 62.8 Å². The fourth-order valence-electron chi connectivity index (χ4n) is 3.27. The lowest BCUT2D eigenvalue weighted by molar-refractivity contribution is -0.121. The number of hydrogen-bond donors (Lipinski definition) is 1. The number of fused-ring (bicyclic) bond motifs is 1. The highest BCUT2D eigenvalue weighted by molar-refractivity contribution is 7.17. The summed E-state index contributed by atoms with van der Waals surface area (Å²) in [5, 5.41) is 6.60. The predicted octanol–water partition coefficient (Wildman–Crippen LogP) is 3.15. The van der Waals surface area contributed by atoms with Crippen LogP contribution in [-0.4, -0.2) is 15.0 Å². The summed E-state index contributed by atoms with van der Waals surface area (Å²) >= 11 is 2.88. The Morgan fingerprint density at radius 2 is 1.80 bits per heavy atom. The van der Waals surface area contributed by atoms with Gasteiger partial charge in [-0.05, 0) is 41.8 Å². The summed E-state index contributed by atoms with van der Waals surface area (Å²) in [6.45, 7) is 2.56. The van der Waals surface area contributed by atoms with Crippen molar-refractivity contribution in [3.8, 4) is 0 Å². The first kappa shape index (κ1) is 20.3. The maximum Gasteiger partial charge on any atom is 0.332 e. The average molecular weight is 440 g/mol. The number of aryl methyl sites for hydroxylation is 2. The van der Waals surface area contributed by atoms with E-state index in [4.69, 9.17) is 0 Å². The maximum atomic E-state index is 13.1. The molecule has 4 aromatic rings. The third kappa shape index (κ3) is 4.29. The second kappa shape index (κ2) is 8.81. The molecule has 3 heterocycles. The first-order valence-corrected chi connectivity index (χ1v) is 11.3. The van der Waals surface area contributed by atoms with Crippen molar-refractivity contribution in [3.63, 3.8) is 0 Å². The molecule has 30 heavy (non-hydrogen) atoms. The van der Waals surface area contributed by atoms with Crippen molar-refractivity contribution in [3.05, 3.63) is 90.1 Å². The Kier molecular flexibility index (Phi) is 5.96. The largest absolute Gasteiger partial charge is 0.350 e. The van der Waals surface area contributed by atoms with Crippen LogP contribution in [0.25, 0.3) is 10.2 Å². The van der Waals surface area contributed by atoms with Gasteiger partial charge >= 0.3 is 5.69 Å². The lowest BCUT2D eigenvalue weighted by Crippen LogP contribution is -2.42. The van der Waals surface area contributed by atoms with Crippen molar-refractivity contribution >= 4 is 38.8 Å². The highest BCUT2D eigenvalue weighted by Gasteiger charge is 2.16. The lowest BCUT2D eigenvalue weighted by atomic mass is 10.1. The van der Waals surface area contributed by atoms with E-state index < -0.39 is 5.69 Å². The van der Waals surface area contributed by atoms with Crippen molar-refractivity contribution < 1.29 is 4.79 Å². The number of nitrogens with zero attached hydrogens (tertiary/aromatic N) is 2. The normalized spacial score (nSPS) is 11.1. The Hall–Kier alpha value is -2.97. The molecule has 0 saturated heterocycles. The van der Waals surface area contributed by atoms with Crippen LogP contribution in [0.2, 0.25) is 0 Å². The number of hydrogen-bond acceptors (Lipinski definition) is 5. The van der Waals surface area contributed by atoms with E-state index in [1.54, 1.807) is 22.8 Å². The molecule has 4 rings (SSSR count). The summed E-state index contributed by atoms with van der Waals surface area (Å²) in [4.78, 5) is 39.5. The molecule has 6 nitrogen and oxygen atoms in total. The SMILES string of the molecule is Cc1ccc(CNC(=O)Cn2c(=O)n(CCc3cccs3)c(=O)c3sccc32)cc1. The molecule has 0 radical (unpaired) electrons. The van der Waals surface area contributed by atoms with Gasteiger partial charge in [-0.1, -0.05) is 35.9 Å². The highest BCUT2D eigenvalue weighted by atomic mass is 32.1. The first-order valence-electron chi connectivity index (χ1n) is 9.58. The van der Waals surface area contributed by atoms with Gasteiger partial charge < -0.3 is 5.32 Å². The molecule has 0 unspecified atom stereocenters. The Labute approximate surface area is 181 Å². The Bertz CT molecular complexity index is 1280. The minimum absolute atomic E-state index is 0.128. The summed E-state index contributed by atoms with van der Waals surface area (Å²) in [5.74, 6) is -0.270. The number of carbonyl (C=O) groups excluding carboxylic acids is 1. The zero-order chi connectivity index (χ0) is 21.1. The van der Waals surface area contributed by atoms with E-state index in [0.717, 1.165) is 16.0 Å². The maximum absolute atomic E-state index is 13.1. The summed E-state index contributed by atoms with van der Waals surface area (Å²) in [5.41, 5.74) is 1.91. The van der Waals surface area contributed by atoms with Crippen LogP contribution < -0.4 is 16.6 Å². The number of carbonyl (C=O) groups is 1. The fourth-order valence-corrected chi connectivity index (χ4v) is 4.81. The number of benzene rings is 1. The number of thiophene rings is 2. The fraction of sp³-hybridized carbons (Fsp3) is 0.227. The standard InChI is InChI=1S/C22H21N3O3S2/c1-15-4-6-16(7-5-15)13-23-19(26)14-25-18-9-12-30-20(18)21(27)24(22(25)28)10-8-17-3-2-11-29-17/h2-7,9,11-12H,8,10,13-14H2,1H3,(H,23,26). The lowest BCUT2D eigenvalue weighted by Gasteiger charge is -2.12. The molecule has 1 amide bonds. The molecule has 0 bridgehead atoms. The molecule has 154 valence electrons. The van der Waals surface area contributed by atoms with Crippen LogP contribution in [0.4, 0.5) is 0 Å². The smallest absolute Gasteiger partial charge is 0.332 e. The molecule has 1 N–H and O–H groups in total. The Balaban J connectivity index is 1.57. The molecular formula is C22H21N3O3S2. The van der Waals surface area contributed by atoms with Gasteiger partial charge in [0.25, 0.3) is 5.56 Å². The van der Waals surface area contributed by atoms with Gasteiger partial charge in [-0.25, -0.2) is 4.79 Å². The van der Waals surface area contributed by atoms with Crippen LogP contribution >= 0.6 is 22.7 Å². The van der Waals surface area contributed by atoms with Gasteiger partial charge in [0.05, 0.1) is 5.52 Å². The highest BCUT2D eigenvalue weighted by Crippen LogP contribution is 2.16. The average Bonchev–Trinajstić information content (AvgIpc) is 3.43. The van der Waals surface area contributed by atoms with Crippen molar-refractivity contribution in [1.29, 1.82) is 0 Å². The van der Waals surface area contributed by atoms with Gasteiger partial charge in [-0.3, -0.25) is 18.7 Å². The van der Waals surface area contributed by atoms with Gasteiger partial charge in [0, 0.05) is 18.0 Å². The van der Waals surface area contributed by atoms with Crippen LogP contribution in [0.5, 0.6) is 0 Å². The molecular weight excluding hydrogens is 418 g/mol. The van der Waals surface area contributed by atoms with Gasteiger partial charge in [0.1, 0.15) is 11.2 Å². The van der Waals surface area contributed by atoms with Crippen molar-refractivity contribution in [2.24, 2.45) is 0 Å². The predicted molar refractivity (Wildman–Crippen MR) is 121 cm³/mol. The van der Waals surface area contributed by atoms with Gasteiger partial charge in [-0.2, -0.15) is 0 Å². The number of amides is 1. The van der Waals surface area contributed by atoms with Gasteiger partial charge in [0.15, 0.2) is 0 Å². The molecule has 0 fully saturated rings. The monoisotopic (exact) mass is 439 g/mol. The molecule has 0 atom stereocenters. The van der Waals surface area contributed by atoms with Crippen molar-refractivity contribution in [1.82, 2.24) is 14.5 Å². The van der Waals surface area contributed by atoms with E-state index in [-0.39, 0.29) is 24.6 Å². The number of rotatable bonds is 7. The van der Waals surface area contributed by atoms with E-state index >= 15 is 0 Å². The molecule has 0 aliphatic rings. The van der Waals surface area contributed by atoms with Crippen LogP contribution in [0, 0.1) is 6.92 Å². The van der Waals surface area contributed by atoms with Gasteiger partial charge in [0.2, 0.25) is 5.91 Å². The molecule has 8 heteroatoms. The zero-order valence-corrected chi connectivity index (χ0v) is 18.1. The summed E-state index contributed by atoms with van der Waals surface area (Å²) in [7, 11) is 0. The minimum Gasteiger partial charge on any atom is -0.350 e. The zero-order valence-electron chi connectivity index (χ0n) is 16.5. The third-order valence-electron chi connectivity index (χ3n) is 4.91. The summed E-state index contributed by atoms with van der Waals surface area (Å²) in [6.07, 6.45) is 0.601. The first-order chi connectivity index (χ1) is 14.5. The van der Waals surface area contributed by atoms with E-state index in [9.17, 15) is 14.4 Å². The van der Waals surface area contributed by atoms with E-state index in [1.165, 1.54) is 20.5 Å². The minimum atomic E-state index is -0.451. The Morgan fingerprint density at radius 3 is 2.53 bits per heavy atom. The number of nitrogens with one attached hydrogen (secondary N) is 1. The van der Waals surface area contributed by atoms with E-state index in [0.29, 0.717) is 23.2 Å². The second-order valence-corrected chi connectivity index (χ2v) is 9.00. The van der Waals surface area contributed by atoms with Crippen LogP contribution in [-0.2, 0) is 30.8 Å². The van der Waals surface area contributed by atoms with Crippen molar-refractivity contribution in [2.45, 2.75) is 33.0 Å². The molecule has 0 aliphatic carbocycles. The molecule has 3 aromatic heterocycles. The van der Waals surface area contributed by atoms with E-state index in [2.05, 4.69) is 5.32 Å². The topological polar surface area (TPSA) is 73.1 Å². The quantitative estimate of drug-likeness (QED) is 0.481. The summed E-state index contributed by atoms with van der Waals surface area (Å²) < 4.78 is 3.13. The molecule has 0 aliphatic heterocycles. The third-order valence-corrected chi connectivity index (χ3v) is 6.74. The summed E-state index contributed by atoms with van der Waals surface area (Å²) in [6, 6.07) is 13.6. The van der Waals surface area contributed by atoms with E-state index in [1.807, 2.05) is 48.7 Å². The van der Waals surface area contributed by atoms with Gasteiger partial charge in [-0.15, -0.1) is 22.7 Å². The Morgan fingerprint density at radius 1 is 1.00 bits per heavy atom. The number of aromatic nitrogens is 2. The second-order valence-electron chi connectivity index (χ2n) is 7.05. The molecule has 0 spiro atoms. The van der Waals surface area contributed by atoms with Crippen LogP contribution in [0.1, 0.15) is 16.0 Å².